The molecule has 32 nitrogen and oxygen atoms in total. The number of carboxylic acid groups (broad SMARTS) is 4. The summed E-state index contributed by atoms with van der Waals surface area (Å²) in [6.45, 7) is 6.93. The van der Waals surface area contributed by atoms with Gasteiger partial charge in [0.15, 0.2) is 43.4 Å². The number of rotatable bonds is 34. The first-order valence-corrected chi connectivity index (χ1v) is 52.6. The van der Waals surface area contributed by atoms with Gasteiger partial charge in [0.1, 0.15) is 30.0 Å². The second-order valence-corrected chi connectivity index (χ2v) is 42.8. The van der Waals surface area contributed by atoms with E-state index in [1.165, 1.54) is 130 Å². The van der Waals surface area contributed by atoms with Gasteiger partial charge in [0.05, 0.1) is 93.7 Å². The summed E-state index contributed by atoms with van der Waals surface area (Å²) in [6.07, 6.45) is 4.31. The standard InChI is InChI=1S/C25H26Cl2F2N4O4S.C25H27ClF2N4O4S.C24H24BrF3N4O4S.C24H24Cl2F2N4O4S/c1-3-37-24(36)19-18(11-33-12-25(28,29)10-15(33)8-13(2)23(34)35)31-21(22-30-6-7-38-22)32-20(19)16-5-4-14(26)9-17(16)27;1-3-36-24(35)19-18(12-32-13-25(27,28)11-15(32)10-14(2)23(33)34)30-21(22-29-8-9-37-22)31-20(19)16-6-4-5-7-17(16)26;1-12(7-18(33)34)17-9-24(27,28)11-32(17)10-16-19(23(35)36-2)20(14-4-3-13(26)8-15(14)25)31-21(30-16)22-29-5-6-37-22;1-12(22(33)34)7-14-9-24(27,28)11-32(14)10-17-18(23(35)36-2)19(15-4-3-13(25)8-16(15)26)31-20(30-17)21-29-5-6-37-21/h4-7,9,13,15,20H,3,8,10-12H2,1-2H3,(H,31,32)(H,34,35);4-9,14-15,20H,3,10-13H2,1-2H3,(H,30,31)(H,33,34);3-6,8,12,17,20H,7,9-11H2,1-2H3,(H,30,31)(H,33,34);3-6,8,12,14,19H,7,9-11H2,1-2H3,(H,30,31)(H,33,34)/t13?,15-,20+;14?,15-,20+;12?,17-,20-;12?,14-,19+/m1101/s1. The lowest BCUT2D eigenvalue weighted by atomic mass is 9.93. The first kappa shape index (κ1) is 115. The van der Waals surface area contributed by atoms with E-state index in [2.05, 4.69) is 62.1 Å². The summed E-state index contributed by atoms with van der Waals surface area (Å²) in [6, 6.07) is 14.0. The fourth-order valence-electron chi connectivity index (χ4n) is 18.6. The minimum Gasteiger partial charge on any atom is -0.481 e. The number of esters is 4. The Labute approximate surface area is 898 Å². The lowest BCUT2D eigenvalue weighted by molar-refractivity contribution is -0.142. The number of hydrogen-bond donors (Lipinski definition) is 8. The molecule has 4 saturated heterocycles. The Balaban J connectivity index is 0.000000166. The quantitative estimate of drug-likeness (QED) is 0.0105. The number of aliphatic carboxylic acids is 4. The molecule has 8 aliphatic rings. The maximum atomic E-state index is 14.6. The highest BCUT2D eigenvalue weighted by Gasteiger charge is 2.53. The normalized spacial score (nSPS) is 22.3. The van der Waals surface area contributed by atoms with Crippen molar-refractivity contribution in [3.63, 3.8) is 0 Å². The van der Waals surface area contributed by atoms with Crippen molar-refractivity contribution in [2.45, 2.75) is 165 Å². The number of aliphatic imine (C=N–C) groups is 4. The van der Waals surface area contributed by atoms with Crippen LogP contribution in [0.5, 0.6) is 0 Å². The molecule has 12 atom stereocenters. The number of carbonyl (C=O) groups excluding carboxylic acids is 4. The fourth-order valence-corrected chi connectivity index (χ4v) is 22.8. The number of likely N-dealkylation sites (tertiary alicyclic amines) is 4. The molecule has 0 spiro atoms. The molecule has 4 unspecified atom stereocenters. The van der Waals surface area contributed by atoms with E-state index in [0.717, 1.165) is 0 Å². The number of hydrogen-bond acceptors (Lipinski definition) is 32. The largest absolute Gasteiger partial charge is 0.481 e. The fraction of sp³-hybridized carbons (Fsp3) is 0.429. The number of methoxy groups -OCH3 is 2. The molecule has 12 heterocycles. The highest BCUT2D eigenvalue weighted by Crippen LogP contribution is 2.48. The molecule has 0 radical (unpaired) electrons. The number of ether oxygens (including phenoxy) is 4. The van der Waals surface area contributed by atoms with Gasteiger partial charge in [0.25, 0.3) is 23.7 Å². The van der Waals surface area contributed by atoms with Gasteiger partial charge in [0, 0.05) is 198 Å². The summed E-state index contributed by atoms with van der Waals surface area (Å²) in [5.41, 5.74) is 3.68. The van der Waals surface area contributed by atoms with Crippen LogP contribution in [0.2, 0.25) is 25.1 Å². The predicted octanol–water partition coefficient (Wildman–Crippen LogP) is 18.9. The third kappa shape index (κ3) is 29.1. The minimum atomic E-state index is -3.02. The molecule has 4 fully saturated rings. The SMILES string of the molecule is CCOC(=O)C1=C(CN2CC(F)(F)C[C@H]2CC(C)C(=O)O)NC(c2nccs2)=N[C@H]1c1ccc(Cl)cc1Cl.CCOC(=O)C1=C(CN2CC(F)(F)C[C@H]2CC(C)C(=O)O)NC(c2nccs2)=N[C@H]1c1ccccc1Cl.COC(=O)C1=C(CN2CC(F)(F)C[C@H]2C(C)CC(=O)O)NC(c2nccs2)=N[C@H]1c1ccc(F)cc1Br.COC(=O)C1=C(CN2CC(F)(F)C[C@H]2CC(C)C(=O)O)NC(c2nccs2)=N[C@H]1c1ccc(Cl)cc1Cl. The second-order valence-electron chi connectivity index (χ2n) is 36.3. The van der Waals surface area contributed by atoms with Crippen LogP contribution in [0.3, 0.4) is 0 Å². The summed E-state index contributed by atoms with van der Waals surface area (Å²) >= 11 is 40.3. The molecule has 149 heavy (non-hydrogen) atoms. The maximum Gasteiger partial charge on any atom is 0.338 e. The van der Waals surface area contributed by atoms with Crippen LogP contribution in [0, 0.1) is 29.5 Å². The molecule has 4 aromatic carbocycles. The van der Waals surface area contributed by atoms with E-state index in [1.54, 1.807) is 116 Å². The second kappa shape index (κ2) is 50.1. The first-order chi connectivity index (χ1) is 70.5. The average molecular weight is 2320 g/mol. The lowest BCUT2D eigenvalue weighted by Gasteiger charge is -2.33. The number of carbonyl (C=O) groups is 8. The number of benzene rings is 4. The van der Waals surface area contributed by atoms with Crippen molar-refractivity contribution < 1.29 is 117 Å². The van der Waals surface area contributed by atoms with Crippen LogP contribution in [0.4, 0.5) is 39.5 Å². The van der Waals surface area contributed by atoms with Gasteiger partial charge in [-0.15, -0.1) is 45.3 Å². The van der Waals surface area contributed by atoms with Crippen LogP contribution in [-0.2, 0) is 57.3 Å². The molecule has 8 aromatic rings. The van der Waals surface area contributed by atoms with Crippen LogP contribution in [0.1, 0.15) is 159 Å². The number of amidine groups is 4. The average Bonchev–Trinajstić information content (AvgIpc) is 1.76. The molecule has 4 aromatic heterocycles. The molecular weight excluding hydrogens is 2210 g/mol. The third-order valence-corrected chi connectivity index (χ3v) is 30.7. The predicted molar refractivity (Wildman–Crippen MR) is 547 cm³/mol. The van der Waals surface area contributed by atoms with Crippen LogP contribution >= 0.6 is 119 Å². The van der Waals surface area contributed by atoms with Gasteiger partial charge in [-0.2, -0.15) is 0 Å². The number of aromatic nitrogens is 4. The Morgan fingerprint density at radius 3 is 1.04 bits per heavy atom. The Kier molecular flexibility index (Phi) is 38.8. The van der Waals surface area contributed by atoms with E-state index < -0.39 is 201 Å². The zero-order chi connectivity index (χ0) is 108. The first-order valence-electron chi connectivity index (χ1n) is 46.4. The topological polar surface area (TPSA) is 416 Å². The maximum absolute atomic E-state index is 14.6. The number of nitrogens with zero attached hydrogens (tertiary/aromatic N) is 12. The molecular formula is C98H101BrCl5F9N16O16S4. The highest BCUT2D eigenvalue weighted by molar-refractivity contribution is 9.10. The van der Waals surface area contributed by atoms with Gasteiger partial charge in [-0.25, -0.2) is 78.6 Å². The van der Waals surface area contributed by atoms with Gasteiger partial charge < -0.3 is 60.6 Å². The van der Waals surface area contributed by atoms with Crippen molar-refractivity contribution in [3.8, 4) is 0 Å². The van der Waals surface area contributed by atoms with Crippen molar-refractivity contribution in [3.05, 3.63) is 248 Å². The summed E-state index contributed by atoms with van der Waals surface area (Å²) in [4.78, 5) is 140. The molecule has 0 saturated carbocycles. The van der Waals surface area contributed by atoms with Crippen molar-refractivity contribution in [1.82, 2.24) is 60.8 Å². The van der Waals surface area contributed by atoms with E-state index >= 15 is 0 Å². The monoisotopic (exact) mass is 2310 g/mol. The van der Waals surface area contributed by atoms with Crippen LogP contribution in [0.25, 0.3) is 0 Å². The van der Waals surface area contributed by atoms with Crippen molar-refractivity contribution >= 4 is 190 Å². The Hall–Kier alpha value is -10.9. The van der Waals surface area contributed by atoms with Crippen molar-refractivity contribution in [2.75, 3.05) is 79.8 Å². The van der Waals surface area contributed by atoms with Crippen molar-refractivity contribution in [2.24, 2.45) is 43.6 Å². The van der Waals surface area contributed by atoms with Crippen LogP contribution in [-0.4, -0.2) is 259 Å². The van der Waals surface area contributed by atoms with Crippen LogP contribution < -0.4 is 21.3 Å². The Bertz CT molecular complexity index is 6540. The molecule has 8 aliphatic heterocycles. The van der Waals surface area contributed by atoms with E-state index in [4.69, 9.17) is 91.9 Å². The third-order valence-electron chi connectivity index (χ3n) is 25.4. The summed E-state index contributed by atoms with van der Waals surface area (Å²) < 4.78 is 151. The number of carboxylic acids is 4. The smallest absolute Gasteiger partial charge is 0.338 e. The Morgan fingerprint density at radius 1 is 0.430 bits per heavy atom. The number of nitrogens with one attached hydrogen (secondary N) is 4. The van der Waals surface area contributed by atoms with E-state index in [1.807, 2.05) is 0 Å². The van der Waals surface area contributed by atoms with E-state index in [0.29, 0.717) is 102 Å². The molecule has 16 rings (SSSR count). The van der Waals surface area contributed by atoms with Gasteiger partial charge >= 0.3 is 47.8 Å². The number of halogens is 15. The lowest BCUT2D eigenvalue weighted by Crippen LogP contribution is -2.43. The van der Waals surface area contributed by atoms with Gasteiger partial charge in [-0.3, -0.25) is 58.7 Å². The van der Waals surface area contributed by atoms with E-state index in [9.17, 15) is 98.3 Å². The van der Waals surface area contributed by atoms with Gasteiger partial charge in [-0.1, -0.05) is 138 Å². The van der Waals surface area contributed by atoms with Gasteiger partial charge in [-0.05, 0) is 87.1 Å². The number of alkyl halides is 8. The molecule has 798 valence electrons. The molecule has 8 N–H and O–H groups in total. The minimum absolute atomic E-state index is 0.0334. The summed E-state index contributed by atoms with van der Waals surface area (Å²) in [5.74, 6) is -21.1. The van der Waals surface area contributed by atoms with Crippen LogP contribution in [0.15, 0.2) is 195 Å². The molecule has 0 aliphatic carbocycles. The zero-order valence-corrected chi connectivity index (χ0v) is 89.3. The summed E-state index contributed by atoms with van der Waals surface area (Å²) in [7, 11) is 2.42. The molecule has 51 heteroatoms. The summed E-state index contributed by atoms with van der Waals surface area (Å²) in [5, 5.41) is 60.7. The Morgan fingerprint density at radius 2 is 0.738 bits per heavy atom. The number of thiazole rings is 4. The van der Waals surface area contributed by atoms with Crippen molar-refractivity contribution in [1.29, 1.82) is 0 Å². The molecule has 0 bridgehead atoms. The van der Waals surface area contributed by atoms with Gasteiger partial charge in [0.2, 0.25) is 0 Å². The highest BCUT2D eigenvalue weighted by atomic mass is 79.9. The van der Waals surface area contributed by atoms with E-state index in [-0.39, 0.29) is 103 Å². The molecule has 0 amide bonds. The zero-order valence-electron chi connectivity index (χ0n) is 80.6.